The average molecular weight is 244 g/mol. The van der Waals surface area contributed by atoms with Crippen molar-refractivity contribution in [2.24, 2.45) is 0 Å². The molecular weight excluding hydrogens is 215 g/mol. The molecule has 17 heavy (non-hydrogen) atoms. The minimum absolute atomic E-state index is 0.197. The largest absolute Gasteiger partial charge is 0.308 e. The van der Waals surface area contributed by atoms with Crippen molar-refractivity contribution >= 4 is 0 Å². The van der Waals surface area contributed by atoms with Crippen molar-refractivity contribution in [3.8, 4) is 0 Å². The monoisotopic (exact) mass is 244 g/mol. The average Bonchev–Trinajstić information content (AvgIpc) is 2.38. The molecule has 3 heteroatoms. The van der Waals surface area contributed by atoms with Crippen molar-refractivity contribution in [2.45, 2.75) is 64.5 Å². The molecule has 0 aromatic carbocycles. The maximum atomic E-state index is 12.4. The molecule has 2 nitrogen and oxygen atoms in total. The Bertz CT molecular complexity index is 228. The standard InChI is InChI=1S/C14H29FN2/c1-5-13(4)11-16-14(6-2,7-3)12-17(13)10-8-9-15/h16H,5-12H2,1-4H3. The predicted octanol–water partition coefficient (Wildman–Crippen LogP) is 2.98. The Labute approximate surface area is 106 Å². The molecule has 0 aromatic heterocycles. The van der Waals surface area contributed by atoms with Crippen LogP contribution < -0.4 is 5.32 Å². The van der Waals surface area contributed by atoms with Crippen LogP contribution in [-0.4, -0.2) is 42.3 Å². The van der Waals surface area contributed by atoms with Gasteiger partial charge < -0.3 is 5.32 Å². The fourth-order valence-electron chi connectivity index (χ4n) is 2.77. The Morgan fingerprint density at radius 2 is 1.82 bits per heavy atom. The maximum Gasteiger partial charge on any atom is 0.0906 e. The Kier molecular flexibility index (Phi) is 5.39. The van der Waals surface area contributed by atoms with Gasteiger partial charge >= 0.3 is 0 Å². The van der Waals surface area contributed by atoms with Gasteiger partial charge in [0.15, 0.2) is 0 Å². The molecule has 1 heterocycles. The van der Waals surface area contributed by atoms with Gasteiger partial charge in [-0.1, -0.05) is 20.8 Å². The topological polar surface area (TPSA) is 15.3 Å². The number of nitrogens with zero attached hydrogens (tertiary/aromatic N) is 1. The summed E-state index contributed by atoms with van der Waals surface area (Å²) in [6.45, 7) is 11.8. The molecule has 0 amide bonds. The third-order valence-electron chi connectivity index (χ3n) is 4.78. The lowest BCUT2D eigenvalue weighted by atomic mass is 9.83. The molecule has 1 N–H and O–H groups in total. The number of hydrogen-bond acceptors (Lipinski definition) is 2. The van der Waals surface area contributed by atoms with Crippen LogP contribution in [0.4, 0.5) is 4.39 Å². The van der Waals surface area contributed by atoms with Crippen LogP contribution in [0, 0.1) is 0 Å². The molecule has 1 fully saturated rings. The van der Waals surface area contributed by atoms with Gasteiger partial charge in [0.05, 0.1) is 6.67 Å². The van der Waals surface area contributed by atoms with Crippen molar-refractivity contribution < 1.29 is 4.39 Å². The van der Waals surface area contributed by atoms with E-state index in [1.165, 1.54) is 0 Å². The summed E-state index contributed by atoms with van der Waals surface area (Å²) >= 11 is 0. The highest BCUT2D eigenvalue weighted by atomic mass is 19.1. The molecular formula is C14H29FN2. The minimum Gasteiger partial charge on any atom is -0.308 e. The molecule has 1 unspecified atom stereocenters. The molecule has 0 aliphatic carbocycles. The van der Waals surface area contributed by atoms with Gasteiger partial charge in [0.25, 0.3) is 0 Å². The summed E-state index contributed by atoms with van der Waals surface area (Å²) < 4.78 is 12.4. The van der Waals surface area contributed by atoms with Crippen molar-refractivity contribution in [1.29, 1.82) is 0 Å². The van der Waals surface area contributed by atoms with E-state index >= 15 is 0 Å². The zero-order valence-corrected chi connectivity index (χ0v) is 12.0. The zero-order valence-electron chi connectivity index (χ0n) is 12.0. The van der Waals surface area contributed by atoms with Gasteiger partial charge in [0, 0.05) is 30.7 Å². The number of alkyl halides is 1. The summed E-state index contributed by atoms with van der Waals surface area (Å²) in [5, 5.41) is 3.74. The molecule has 0 saturated carbocycles. The number of rotatable bonds is 6. The summed E-state index contributed by atoms with van der Waals surface area (Å²) in [4.78, 5) is 2.51. The Balaban J connectivity index is 2.75. The van der Waals surface area contributed by atoms with Gasteiger partial charge in [-0.15, -0.1) is 0 Å². The summed E-state index contributed by atoms with van der Waals surface area (Å²) in [6, 6.07) is 0. The van der Waals surface area contributed by atoms with Crippen LogP contribution in [0.25, 0.3) is 0 Å². The Morgan fingerprint density at radius 3 is 2.29 bits per heavy atom. The summed E-state index contributed by atoms with van der Waals surface area (Å²) in [7, 11) is 0. The van der Waals surface area contributed by atoms with E-state index in [0.29, 0.717) is 6.42 Å². The fraction of sp³-hybridized carbons (Fsp3) is 1.00. The van der Waals surface area contributed by atoms with E-state index in [1.54, 1.807) is 0 Å². The van der Waals surface area contributed by atoms with E-state index in [-0.39, 0.29) is 17.8 Å². The Morgan fingerprint density at radius 1 is 1.18 bits per heavy atom. The minimum atomic E-state index is -0.199. The molecule has 102 valence electrons. The second kappa shape index (κ2) is 6.14. The molecule has 0 bridgehead atoms. The van der Waals surface area contributed by atoms with E-state index in [4.69, 9.17) is 0 Å². The first-order valence-electron chi connectivity index (χ1n) is 7.12. The van der Waals surface area contributed by atoms with Crippen LogP contribution in [0.5, 0.6) is 0 Å². The first kappa shape index (κ1) is 14.9. The molecule has 1 atom stereocenters. The van der Waals surface area contributed by atoms with E-state index in [2.05, 4.69) is 37.9 Å². The SMILES string of the molecule is CCC1(CC)CN(CCCF)C(C)(CC)CN1. The lowest BCUT2D eigenvalue weighted by Crippen LogP contribution is -2.68. The third-order valence-corrected chi connectivity index (χ3v) is 4.78. The molecule has 1 aliphatic rings. The van der Waals surface area contributed by atoms with Crippen molar-refractivity contribution in [1.82, 2.24) is 10.2 Å². The highest BCUT2D eigenvalue weighted by molar-refractivity contribution is 5.02. The molecule has 1 saturated heterocycles. The molecule has 0 radical (unpaired) electrons. The van der Waals surface area contributed by atoms with Crippen LogP contribution >= 0.6 is 0 Å². The van der Waals surface area contributed by atoms with Crippen molar-refractivity contribution in [3.05, 3.63) is 0 Å². The first-order chi connectivity index (χ1) is 8.05. The van der Waals surface area contributed by atoms with Gasteiger partial charge in [-0.25, -0.2) is 0 Å². The number of hydrogen-bond donors (Lipinski definition) is 1. The maximum absolute atomic E-state index is 12.4. The van der Waals surface area contributed by atoms with Crippen LogP contribution in [0.3, 0.4) is 0 Å². The van der Waals surface area contributed by atoms with Crippen LogP contribution in [-0.2, 0) is 0 Å². The Hall–Kier alpha value is -0.150. The van der Waals surface area contributed by atoms with Crippen molar-refractivity contribution in [2.75, 3.05) is 26.3 Å². The molecule has 1 rings (SSSR count). The highest BCUT2D eigenvalue weighted by Gasteiger charge is 2.41. The molecule has 1 aliphatic heterocycles. The third kappa shape index (κ3) is 3.19. The number of nitrogens with one attached hydrogen (secondary N) is 1. The lowest BCUT2D eigenvalue weighted by Gasteiger charge is -2.53. The predicted molar refractivity (Wildman–Crippen MR) is 72.2 cm³/mol. The second-order valence-corrected chi connectivity index (χ2v) is 5.66. The normalized spacial score (nSPS) is 29.5. The smallest absolute Gasteiger partial charge is 0.0906 e. The second-order valence-electron chi connectivity index (χ2n) is 5.66. The highest BCUT2D eigenvalue weighted by Crippen LogP contribution is 2.30. The van der Waals surface area contributed by atoms with Gasteiger partial charge in [-0.05, 0) is 32.6 Å². The van der Waals surface area contributed by atoms with E-state index in [1.807, 2.05) is 0 Å². The van der Waals surface area contributed by atoms with Crippen LogP contribution in [0.15, 0.2) is 0 Å². The van der Waals surface area contributed by atoms with Gasteiger partial charge in [-0.3, -0.25) is 9.29 Å². The quantitative estimate of drug-likeness (QED) is 0.773. The lowest BCUT2D eigenvalue weighted by molar-refractivity contribution is 0.00738. The van der Waals surface area contributed by atoms with Crippen molar-refractivity contribution in [3.63, 3.8) is 0 Å². The molecule has 0 aromatic rings. The number of halogens is 1. The van der Waals surface area contributed by atoms with E-state index < -0.39 is 0 Å². The van der Waals surface area contributed by atoms with Crippen LogP contribution in [0.2, 0.25) is 0 Å². The van der Waals surface area contributed by atoms with Gasteiger partial charge in [-0.2, -0.15) is 0 Å². The van der Waals surface area contributed by atoms with E-state index in [0.717, 1.165) is 38.9 Å². The first-order valence-corrected chi connectivity index (χ1v) is 7.12. The van der Waals surface area contributed by atoms with E-state index in [9.17, 15) is 4.39 Å². The summed E-state index contributed by atoms with van der Waals surface area (Å²) in [5.41, 5.74) is 0.438. The van der Waals surface area contributed by atoms with Crippen LogP contribution in [0.1, 0.15) is 53.4 Å². The number of piperazine rings is 1. The summed E-state index contributed by atoms with van der Waals surface area (Å²) in [6.07, 6.45) is 4.08. The van der Waals surface area contributed by atoms with Gasteiger partial charge in [0.1, 0.15) is 0 Å². The van der Waals surface area contributed by atoms with Gasteiger partial charge in [0.2, 0.25) is 0 Å². The summed E-state index contributed by atoms with van der Waals surface area (Å²) in [5.74, 6) is 0. The fourth-order valence-corrected chi connectivity index (χ4v) is 2.77. The zero-order chi connectivity index (χ0) is 12.9. The molecule has 0 spiro atoms.